The van der Waals surface area contributed by atoms with Gasteiger partial charge in [0.05, 0.1) is 26.0 Å². The number of nitrogens with zero attached hydrogens (tertiary/aromatic N) is 2. The largest absolute Gasteiger partial charge is 0.493 e. The Kier molecular flexibility index (Phi) is 7.56. The maximum Gasteiger partial charge on any atom is 0.260 e. The molecule has 1 heterocycles. The van der Waals surface area contributed by atoms with Gasteiger partial charge in [0.15, 0.2) is 18.1 Å². The molecular weight excluding hydrogens is 420 g/mol. The molecule has 1 amide bonds. The Balaban J connectivity index is 1.29. The number of ether oxygens (including phenoxy) is 4. The van der Waals surface area contributed by atoms with E-state index in [2.05, 4.69) is 4.99 Å². The van der Waals surface area contributed by atoms with Gasteiger partial charge >= 0.3 is 0 Å². The van der Waals surface area contributed by atoms with Crippen molar-refractivity contribution in [2.45, 2.75) is 0 Å². The van der Waals surface area contributed by atoms with Crippen LogP contribution < -0.4 is 14.2 Å². The van der Waals surface area contributed by atoms with Gasteiger partial charge in [0.1, 0.15) is 11.5 Å². The van der Waals surface area contributed by atoms with Gasteiger partial charge in [-0.25, -0.2) is 0 Å². The third-order valence-corrected chi connectivity index (χ3v) is 5.10. The fourth-order valence-electron chi connectivity index (χ4n) is 3.28. The SMILES string of the molecule is COc1ccccc1Oc1ccc(N=Cc2ccc(OCC(=O)N3CCOCC3)cc2)cc1. The van der Waals surface area contributed by atoms with Gasteiger partial charge in [0.25, 0.3) is 5.91 Å². The van der Waals surface area contributed by atoms with Crippen LogP contribution in [-0.2, 0) is 9.53 Å². The lowest BCUT2D eigenvalue weighted by atomic mass is 10.2. The molecule has 3 aromatic rings. The summed E-state index contributed by atoms with van der Waals surface area (Å²) in [6, 6.07) is 22.5. The van der Waals surface area contributed by atoms with Crippen molar-refractivity contribution in [1.82, 2.24) is 4.90 Å². The lowest BCUT2D eigenvalue weighted by Crippen LogP contribution is -2.42. The summed E-state index contributed by atoms with van der Waals surface area (Å²) in [7, 11) is 1.61. The van der Waals surface area contributed by atoms with Crippen LogP contribution in [0.1, 0.15) is 5.56 Å². The van der Waals surface area contributed by atoms with E-state index in [4.69, 9.17) is 18.9 Å². The smallest absolute Gasteiger partial charge is 0.260 e. The van der Waals surface area contributed by atoms with Gasteiger partial charge in [-0.05, 0) is 66.2 Å². The monoisotopic (exact) mass is 446 g/mol. The number of aliphatic imine (C=N–C) groups is 1. The lowest BCUT2D eigenvalue weighted by molar-refractivity contribution is -0.137. The van der Waals surface area contributed by atoms with E-state index in [1.807, 2.05) is 72.8 Å². The van der Waals surface area contributed by atoms with Crippen LogP contribution in [0.15, 0.2) is 77.8 Å². The molecule has 0 spiro atoms. The molecule has 1 saturated heterocycles. The number of rotatable bonds is 8. The quantitative estimate of drug-likeness (QED) is 0.478. The summed E-state index contributed by atoms with van der Waals surface area (Å²) in [5.41, 5.74) is 1.73. The second-order valence-electron chi connectivity index (χ2n) is 7.36. The highest BCUT2D eigenvalue weighted by Gasteiger charge is 2.17. The number of amides is 1. The van der Waals surface area contributed by atoms with Crippen molar-refractivity contribution in [3.05, 3.63) is 78.4 Å². The van der Waals surface area contributed by atoms with E-state index in [1.54, 1.807) is 18.2 Å². The predicted molar refractivity (Wildman–Crippen MR) is 126 cm³/mol. The maximum atomic E-state index is 12.2. The maximum absolute atomic E-state index is 12.2. The summed E-state index contributed by atoms with van der Waals surface area (Å²) in [6.07, 6.45) is 1.78. The van der Waals surface area contributed by atoms with E-state index in [-0.39, 0.29) is 12.5 Å². The molecule has 33 heavy (non-hydrogen) atoms. The number of hydrogen-bond donors (Lipinski definition) is 0. The fourth-order valence-corrected chi connectivity index (χ4v) is 3.28. The minimum atomic E-state index is -0.0259. The number of para-hydroxylation sites is 2. The Hall–Kier alpha value is -3.84. The molecule has 1 aliphatic heterocycles. The second kappa shape index (κ2) is 11.2. The highest BCUT2D eigenvalue weighted by atomic mass is 16.5. The van der Waals surface area contributed by atoms with Gasteiger partial charge in [0, 0.05) is 19.3 Å². The fraction of sp³-hybridized carbons (Fsp3) is 0.231. The molecule has 0 saturated carbocycles. The van der Waals surface area contributed by atoms with Crippen LogP contribution in [0.25, 0.3) is 0 Å². The van der Waals surface area contributed by atoms with Crippen LogP contribution in [0.4, 0.5) is 5.69 Å². The van der Waals surface area contributed by atoms with E-state index in [1.165, 1.54) is 0 Å². The van der Waals surface area contributed by atoms with Gasteiger partial charge in [-0.3, -0.25) is 9.79 Å². The molecule has 0 aromatic heterocycles. The van der Waals surface area contributed by atoms with Crippen LogP contribution in [-0.4, -0.2) is 57.0 Å². The average molecular weight is 447 g/mol. The van der Waals surface area contributed by atoms with Crippen molar-refractivity contribution in [3.63, 3.8) is 0 Å². The second-order valence-corrected chi connectivity index (χ2v) is 7.36. The molecule has 4 rings (SSSR count). The third-order valence-electron chi connectivity index (χ3n) is 5.10. The van der Waals surface area contributed by atoms with Crippen LogP contribution in [0.2, 0.25) is 0 Å². The summed E-state index contributed by atoms with van der Waals surface area (Å²) >= 11 is 0. The van der Waals surface area contributed by atoms with E-state index in [9.17, 15) is 4.79 Å². The molecule has 1 aliphatic rings. The first-order chi connectivity index (χ1) is 16.2. The topological polar surface area (TPSA) is 69.6 Å². The van der Waals surface area contributed by atoms with E-state index in [0.717, 1.165) is 11.3 Å². The van der Waals surface area contributed by atoms with Gasteiger partial charge in [0.2, 0.25) is 0 Å². The standard InChI is InChI=1S/C26H26N2O5/c1-30-24-4-2-3-5-25(24)33-23-12-8-21(9-13-23)27-18-20-6-10-22(11-7-20)32-19-26(29)28-14-16-31-17-15-28/h2-13,18H,14-17,19H2,1H3. The Bertz CT molecular complexity index is 1070. The van der Waals surface area contributed by atoms with E-state index >= 15 is 0 Å². The molecule has 0 unspecified atom stereocenters. The van der Waals surface area contributed by atoms with Gasteiger partial charge in [-0.2, -0.15) is 0 Å². The Labute approximate surface area is 193 Å². The molecular formula is C26H26N2O5. The number of carbonyl (C=O) groups is 1. The number of benzene rings is 3. The highest BCUT2D eigenvalue weighted by molar-refractivity contribution is 5.82. The minimum Gasteiger partial charge on any atom is -0.493 e. The van der Waals surface area contributed by atoms with Gasteiger partial charge in [-0.15, -0.1) is 0 Å². The van der Waals surface area contributed by atoms with Crippen molar-refractivity contribution < 1.29 is 23.7 Å². The summed E-state index contributed by atoms with van der Waals surface area (Å²) in [5.74, 6) is 2.66. The van der Waals surface area contributed by atoms with Crippen molar-refractivity contribution >= 4 is 17.8 Å². The average Bonchev–Trinajstić information content (AvgIpc) is 2.88. The minimum absolute atomic E-state index is 0.0245. The molecule has 1 fully saturated rings. The van der Waals surface area contributed by atoms with Crippen molar-refractivity contribution in [2.75, 3.05) is 40.0 Å². The number of morpholine rings is 1. The molecule has 170 valence electrons. The molecule has 0 bridgehead atoms. The van der Waals surface area contributed by atoms with Crippen molar-refractivity contribution in [3.8, 4) is 23.0 Å². The Morgan fingerprint density at radius 1 is 0.939 bits per heavy atom. The summed E-state index contributed by atoms with van der Waals surface area (Å²) < 4.78 is 22.1. The van der Waals surface area contributed by atoms with E-state index < -0.39 is 0 Å². The molecule has 7 heteroatoms. The summed E-state index contributed by atoms with van der Waals surface area (Å²) in [5, 5.41) is 0. The molecule has 0 aliphatic carbocycles. The number of hydrogen-bond acceptors (Lipinski definition) is 6. The molecule has 3 aromatic carbocycles. The Morgan fingerprint density at radius 3 is 2.30 bits per heavy atom. The van der Waals surface area contributed by atoms with Crippen LogP contribution in [0, 0.1) is 0 Å². The van der Waals surface area contributed by atoms with E-state index in [0.29, 0.717) is 49.3 Å². The van der Waals surface area contributed by atoms with Crippen LogP contribution >= 0.6 is 0 Å². The van der Waals surface area contributed by atoms with Crippen LogP contribution in [0.5, 0.6) is 23.0 Å². The normalized spacial score (nSPS) is 13.7. The zero-order valence-corrected chi connectivity index (χ0v) is 18.5. The zero-order chi connectivity index (χ0) is 22.9. The zero-order valence-electron chi connectivity index (χ0n) is 18.5. The predicted octanol–water partition coefficient (Wildman–Crippen LogP) is 4.48. The van der Waals surface area contributed by atoms with Crippen molar-refractivity contribution in [1.29, 1.82) is 0 Å². The molecule has 7 nitrogen and oxygen atoms in total. The van der Waals surface area contributed by atoms with Gasteiger partial charge in [-0.1, -0.05) is 12.1 Å². The lowest BCUT2D eigenvalue weighted by Gasteiger charge is -2.26. The first-order valence-electron chi connectivity index (χ1n) is 10.7. The summed E-state index contributed by atoms with van der Waals surface area (Å²) in [4.78, 5) is 18.4. The first-order valence-corrected chi connectivity index (χ1v) is 10.7. The molecule has 0 atom stereocenters. The van der Waals surface area contributed by atoms with Gasteiger partial charge < -0.3 is 23.8 Å². The number of methoxy groups -OCH3 is 1. The first kappa shape index (κ1) is 22.4. The molecule has 0 radical (unpaired) electrons. The van der Waals surface area contributed by atoms with Crippen LogP contribution in [0.3, 0.4) is 0 Å². The highest BCUT2D eigenvalue weighted by Crippen LogP contribution is 2.31. The summed E-state index contributed by atoms with van der Waals surface area (Å²) in [6.45, 7) is 2.42. The van der Waals surface area contributed by atoms with Crippen molar-refractivity contribution in [2.24, 2.45) is 4.99 Å². The number of carbonyl (C=O) groups excluding carboxylic acids is 1. The molecule has 0 N–H and O–H groups in total. The Morgan fingerprint density at radius 2 is 1.61 bits per heavy atom. The third kappa shape index (κ3) is 6.33.